The van der Waals surface area contributed by atoms with Crippen molar-refractivity contribution >= 4 is 57.9 Å². The fraction of sp³-hybridized carbons (Fsp3) is 0.478. The molecule has 4 N–H and O–H groups in total. The SMILES string of the molecule is NC(=O)[C@H]1CC[C@H](n2c(Nc3cccc(Cl)c3Cl)nc3cnc(NC4CCOCC4)nc32)CC1. The number of fused-ring (bicyclic) bond motifs is 1. The maximum Gasteiger partial charge on any atom is 0.224 e. The Labute approximate surface area is 207 Å². The van der Waals surface area contributed by atoms with Gasteiger partial charge in [0.25, 0.3) is 0 Å². The van der Waals surface area contributed by atoms with E-state index in [2.05, 4.69) is 20.2 Å². The van der Waals surface area contributed by atoms with Gasteiger partial charge in [0.05, 0.1) is 21.9 Å². The van der Waals surface area contributed by atoms with Crippen LogP contribution in [0.15, 0.2) is 24.4 Å². The van der Waals surface area contributed by atoms with E-state index in [1.165, 1.54) is 0 Å². The lowest BCUT2D eigenvalue weighted by Gasteiger charge is -2.29. The Hall–Kier alpha value is -2.62. The van der Waals surface area contributed by atoms with E-state index < -0.39 is 0 Å². The topological polar surface area (TPSA) is 120 Å². The second-order valence-corrected chi connectivity index (χ2v) is 9.66. The highest BCUT2D eigenvalue weighted by Gasteiger charge is 2.29. The first kappa shape index (κ1) is 23.1. The number of nitrogens with one attached hydrogen (secondary N) is 2. The van der Waals surface area contributed by atoms with Crippen molar-refractivity contribution in [1.29, 1.82) is 0 Å². The van der Waals surface area contributed by atoms with Gasteiger partial charge in [-0.1, -0.05) is 29.3 Å². The van der Waals surface area contributed by atoms with Crippen LogP contribution in [-0.2, 0) is 9.53 Å². The number of benzene rings is 1. The summed E-state index contributed by atoms with van der Waals surface area (Å²) in [4.78, 5) is 25.8. The number of halogens is 2. The molecule has 11 heteroatoms. The lowest BCUT2D eigenvalue weighted by molar-refractivity contribution is -0.122. The molecular formula is C23H27Cl2N7O2. The molecule has 0 radical (unpaired) electrons. The molecule has 0 atom stereocenters. The molecule has 1 amide bonds. The van der Waals surface area contributed by atoms with Crippen molar-refractivity contribution < 1.29 is 9.53 Å². The Bertz CT molecular complexity index is 1190. The molecule has 3 heterocycles. The Kier molecular flexibility index (Phi) is 6.76. The second-order valence-electron chi connectivity index (χ2n) is 8.87. The number of amides is 1. The maximum absolute atomic E-state index is 11.7. The summed E-state index contributed by atoms with van der Waals surface area (Å²) in [6.45, 7) is 1.46. The Morgan fingerprint density at radius 3 is 2.59 bits per heavy atom. The van der Waals surface area contributed by atoms with Crippen LogP contribution in [0.2, 0.25) is 10.0 Å². The molecule has 1 aliphatic heterocycles. The number of carbonyl (C=O) groups is 1. The van der Waals surface area contributed by atoms with Crippen LogP contribution in [0, 0.1) is 5.92 Å². The third-order valence-electron chi connectivity index (χ3n) is 6.65. The summed E-state index contributed by atoms with van der Waals surface area (Å²) in [5.41, 5.74) is 7.62. The average molecular weight is 504 g/mol. The summed E-state index contributed by atoms with van der Waals surface area (Å²) in [5.74, 6) is 0.853. The van der Waals surface area contributed by atoms with E-state index in [9.17, 15) is 4.79 Å². The molecule has 2 aromatic heterocycles. The highest BCUT2D eigenvalue weighted by atomic mass is 35.5. The van der Waals surface area contributed by atoms with E-state index in [1.807, 2.05) is 12.1 Å². The minimum atomic E-state index is -0.233. The third kappa shape index (κ3) is 4.78. The molecule has 3 aromatic rings. The molecule has 1 saturated heterocycles. The van der Waals surface area contributed by atoms with Crippen molar-refractivity contribution in [3.8, 4) is 0 Å². The fourth-order valence-electron chi connectivity index (χ4n) is 4.76. The van der Waals surface area contributed by atoms with Crippen LogP contribution in [0.25, 0.3) is 11.2 Å². The first-order valence-electron chi connectivity index (χ1n) is 11.6. The van der Waals surface area contributed by atoms with Gasteiger partial charge >= 0.3 is 0 Å². The third-order valence-corrected chi connectivity index (χ3v) is 7.47. The Morgan fingerprint density at radius 2 is 1.85 bits per heavy atom. The number of nitrogens with zero attached hydrogens (tertiary/aromatic N) is 4. The average Bonchev–Trinajstić information content (AvgIpc) is 3.20. The molecule has 0 unspecified atom stereocenters. The Balaban J connectivity index is 1.51. The van der Waals surface area contributed by atoms with Gasteiger partial charge in [-0.05, 0) is 50.7 Å². The number of primary amides is 1. The zero-order valence-electron chi connectivity index (χ0n) is 18.6. The molecule has 1 aliphatic carbocycles. The predicted molar refractivity (Wildman–Crippen MR) is 133 cm³/mol. The van der Waals surface area contributed by atoms with Crippen LogP contribution >= 0.6 is 23.2 Å². The zero-order valence-corrected chi connectivity index (χ0v) is 20.1. The van der Waals surface area contributed by atoms with Crippen LogP contribution in [0.3, 0.4) is 0 Å². The standard InChI is InChI=1S/C23H27Cl2N7O2/c24-16-2-1-3-17(19(16)25)29-23-30-18-12-27-22(28-14-8-10-34-11-9-14)31-21(18)32(23)15-6-4-13(5-7-15)20(26)33/h1-3,12-15H,4-11H2,(H2,26,33)(H,29,30)(H,27,28,31)/t13-,15-. The molecule has 1 aromatic carbocycles. The molecule has 1 saturated carbocycles. The first-order valence-corrected chi connectivity index (χ1v) is 12.3. The van der Waals surface area contributed by atoms with E-state index >= 15 is 0 Å². The van der Waals surface area contributed by atoms with Gasteiger partial charge in [-0.3, -0.25) is 9.36 Å². The smallest absolute Gasteiger partial charge is 0.224 e. The highest BCUT2D eigenvalue weighted by molar-refractivity contribution is 6.43. The van der Waals surface area contributed by atoms with Crippen molar-refractivity contribution in [2.45, 2.75) is 50.6 Å². The predicted octanol–water partition coefficient (Wildman–Crippen LogP) is 4.68. The van der Waals surface area contributed by atoms with Gasteiger partial charge in [0, 0.05) is 31.2 Å². The van der Waals surface area contributed by atoms with Gasteiger partial charge in [-0.2, -0.15) is 4.98 Å². The largest absolute Gasteiger partial charge is 0.381 e. The monoisotopic (exact) mass is 503 g/mol. The van der Waals surface area contributed by atoms with Gasteiger partial charge in [-0.15, -0.1) is 0 Å². The maximum atomic E-state index is 11.7. The summed E-state index contributed by atoms with van der Waals surface area (Å²) in [6.07, 6.45) is 6.62. The second kappa shape index (κ2) is 9.93. The minimum absolute atomic E-state index is 0.0924. The van der Waals surface area contributed by atoms with Gasteiger partial charge in [-0.25, -0.2) is 9.97 Å². The molecule has 5 rings (SSSR count). The van der Waals surface area contributed by atoms with Gasteiger partial charge in [0.2, 0.25) is 17.8 Å². The van der Waals surface area contributed by atoms with Crippen LogP contribution in [0.4, 0.5) is 17.6 Å². The quantitative estimate of drug-likeness (QED) is 0.446. The molecule has 0 bridgehead atoms. The number of hydrogen-bond donors (Lipinski definition) is 3. The van der Waals surface area contributed by atoms with E-state index in [-0.39, 0.29) is 23.9 Å². The summed E-state index contributed by atoms with van der Waals surface area (Å²) in [5, 5.41) is 7.66. The van der Waals surface area contributed by atoms with Crippen molar-refractivity contribution in [2.24, 2.45) is 11.7 Å². The summed E-state index contributed by atoms with van der Waals surface area (Å²) < 4.78 is 7.55. The normalized spacial score (nSPS) is 21.5. The Morgan fingerprint density at radius 1 is 1.09 bits per heavy atom. The number of nitrogens with two attached hydrogens (primary N) is 1. The summed E-state index contributed by atoms with van der Waals surface area (Å²) >= 11 is 12.7. The first-order chi connectivity index (χ1) is 16.5. The lowest BCUT2D eigenvalue weighted by Crippen LogP contribution is -2.29. The number of ether oxygens (including phenoxy) is 1. The van der Waals surface area contributed by atoms with E-state index in [1.54, 1.807) is 12.3 Å². The molecule has 2 fully saturated rings. The van der Waals surface area contributed by atoms with Crippen LogP contribution in [0.5, 0.6) is 0 Å². The number of anilines is 3. The zero-order chi connectivity index (χ0) is 23.7. The number of carbonyl (C=O) groups excluding carboxylic acids is 1. The van der Waals surface area contributed by atoms with E-state index in [4.69, 9.17) is 43.6 Å². The van der Waals surface area contributed by atoms with Crippen molar-refractivity contribution in [3.05, 3.63) is 34.4 Å². The van der Waals surface area contributed by atoms with Crippen LogP contribution < -0.4 is 16.4 Å². The summed E-state index contributed by atoms with van der Waals surface area (Å²) in [6, 6.07) is 5.80. The number of rotatable bonds is 6. The number of aromatic nitrogens is 4. The van der Waals surface area contributed by atoms with E-state index in [0.717, 1.165) is 57.4 Å². The molecule has 180 valence electrons. The number of hydrogen-bond acceptors (Lipinski definition) is 7. The van der Waals surface area contributed by atoms with E-state index in [0.29, 0.717) is 33.1 Å². The molecule has 2 aliphatic rings. The van der Waals surface area contributed by atoms with Crippen molar-refractivity contribution in [2.75, 3.05) is 23.8 Å². The highest BCUT2D eigenvalue weighted by Crippen LogP contribution is 2.38. The van der Waals surface area contributed by atoms with Crippen LogP contribution in [0.1, 0.15) is 44.6 Å². The van der Waals surface area contributed by atoms with Crippen molar-refractivity contribution in [3.63, 3.8) is 0 Å². The van der Waals surface area contributed by atoms with Gasteiger partial charge in [0.15, 0.2) is 5.65 Å². The molecule has 9 nitrogen and oxygen atoms in total. The number of imidazole rings is 1. The van der Waals surface area contributed by atoms with Gasteiger partial charge in [0.1, 0.15) is 5.52 Å². The van der Waals surface area contributed by atoms with Crippen molar-refractivity contribution in [1.82, 2.24) is 19.5 Å². The van der Waals surface area contributed by atoms with Gasteiger partial charge < -0.3 is 21.1 Å². The molecular weight excluding hydrogens is 477 g/mol. The summed E-state index contributed by atoms with van der Waals surface area (Å²) in [7, 11) is 0. The lowest BCUT2D eigenvalue weighted by atomic mass is 9.85. The minimum Gasteiger partial charge on any atom is -0.381 e. The molecule has 34 heavy (non-hydrogen) atoms. The molecule has 0 spiro atoms. The van der Waals surface area contributed by atoms with Crippen LogP contribution in [-0.4, -0.2) is 44.7 Å². The fourth-order valence-corrected chi connectivity index (χ4v) is 5.11.